The zero-order chi connectivity index (χ0) is 8.55. The molecule has 1 fully saturated rings. The van der Waals surface area contributed by atoms with E-state index in [1.807, 2.05) is 30.3 Å². The summed E-state index contributed by atoms with van der Waals surface area (Å²) in [6.45, 7) is 0. The SMILES string of the molecule is NC(=O)[C@@H]1N[C@@H]1c1ccccc1. The summed E-state index contributed by atoms with van der Waals surface area (Å²) in [6.07, 6.45) is 0. The van der Waals surface area contributed by atoms with Gasteiger partial charge in [0.05, 0.1) is 6.04 Å². The van der Waals surface area contributed by atoms with Gasteiger partial charge >= 0.3 is 0 Å². The van der Waals surface area contributed by atoms with Gasteiger partial charge in [0.25, 0.3) is 0 Å². The summed E-state index contributed by atoms with van der Waals surface area (Å²) in [5, 5.41) is 3.01. The molecule has 1 heterocycles. The highest BCUT2D eigenvalue weighted by Gasteiger charge is 2.41. The van der Waals surface area contributed by atoms with E-state index in [0.717, 1.165) is 5.56 Å². The van der Waals surface area contributed by atoms with E-state index < -0.39 is 0 Å². The summed E-state index contributed by atoms with van der Waals surface area (Å²) < 4.78 is 0. The maximum atomic E-state index is 10.7. The highest BCUT2D eigenvalue weighted by Crippen LogP contribution is 2.28. The topological polar surface area (TPSA) is 65.0 Å². The van der Waals surface area contributed by atoms with Crippen LogP contribution in [-0.2, 0) is 4.79 Å². The maximum Gasteiger partial charge on any atom is 0.236 e. The highest BCUT2D eigenvalue weighted by atomic mass is 16.1. The molecule has 12 heavy (non-hydrogen) atoms. The van der Waals surface area contributed by atoms with Gasteiger partial charge in [0.15, 0.2) is 0 Å². The van der Waals surface area contributed by atoms with Gasteiger partial charge in [-0.2, -0.15) is 0 Å². The van der Waals surface area contributed by atoms with E-state index >= 15 is 0 Å². The fraction of sp³-hybridized carbons (Fsp3) is 0.222. The van der Waals surface area contributed by atoms with Crippen molar-refractivity contribution in [1.29, 1.82) is 0 Å². The molecule has 1 aliphatic heterocycles. The number of nitrogens with one attached hydrogen (secondary N) is 1. The molecule has 2 atom stereocenters. The van der Waals surface area contributed by atoms with Crippen molar-refractivity contribution in [2.45, 2.75) is 12.1 Å². The minimum Gasteiger partial charge on any atom is -0.368 e. The molecular weight excluding hydrogens is 152 g/mol. The molecule has 0 saturated carbocycles. The number of carbonyl (C=O) groups is 1. The van der Waals surface area contributed by atoms with Crippen molar-refractivity contribution in [2.24, 2.45) is 5.73 Å². The third-order valence-electron chi connectivity index (χ3n) is 2.05. The normalized spacial score (nSPS) is 26.7. The minimum atomic E-state index is -0.274. The summed E-state index contributed by atoms with van der Waals surface area (Å²) in [6, 6.07) is 9.81. The fourth-order valence-electron chi connectivity index (χ4n) is 1.33. The van der Waals surface area contributed by atoms with Crippen LogP contribution in [0.15, 0.2) is 30.3 Å². The second kappa shape index (κ2) is 2.60. The van der Waals surface area contributed by atoms with Gasteiger partial charge in [-0.05, 0) is 5.56 Å². The van der Waals surface area contributed by atoms with Crippen molar-refractivity contribution in [3.63, 3.8) is 0 Å². The smallest absolute Gasteiger partial charge is 0.236 e. The molecule has 0 unspecified atom stereocenters. The number of amides is 1. The Hall–Kier alpha value is -1.35. The van der Waals surface area contributed by atoms with Crippen molar-refractivity contribution in [2.75, 3.05) is 0 Å². The molecule has 2 rings (SSSR count). The summed E-state index contributed by atoms with van der Waals surface area (Å²) in [5.74, 6) is -0.274. The zero-order valence-corrected chi connectivity index (χ0v) is 6.53. The van der Waals surface area contributed by atoms with E-state index in [-0.39, 0.29) is 18.0 Å². The Balaban J connectivity index is 2.11. The van der Waals surface area contributed by atoms with Crippen molar-refractivity contribution in [3.05, 3.63) is 35.9 Å². The molecule has 1 amide bonds. The van der Waals surface area contributed by atoms with E-state index in [1.54, 1.807) is 0 Å². The molecule has 0 spiro atoms. The van der Waals surface area contributed by atoms with Crippen LogP contribution < -0.4 is 11.1 Å². The lowest BCUT2D eigenvalue weighted by molar-refractivity contribution is -0.117. The Morgan fingerprint density at radius 1 is 1.33 bits per heavy atom. The van der Waals surface area contributed by atoms with Crippen molar-refractivity contribution in [1.82, 2.24) is 5.32 Å². The van der Waals surface area contributed by atoms with Crippen LogP contribution in [0, 0.1) is 0 Å². The van der Waals surface area contributed by atoms with Gasteiger partial charge in [-0.1, -0.05) is 30.3 Å². The lowest BCUT2D eigenvalue weighted by Crippen LogP contribution is -2.19. The number of hydrogen-bond acceptors (Lipinski definition) is 2. The number of primary amides is 1. The number of carbonyl (C=O) groups excluding carboxylic acids is 1. The molecule has 3 nitrogen and oxygen atoms in total. The maximum absolute atomic E-state index is 10.7. The van der Waals surface area contributed by atoms with Gasteiger partial charge in [0.1, 0.15) is 6.04 Å². The average molecular weight is 162 g/mol. The molecule has 1 aromatic rings. The predicted molar refractivity (Wildman–Crippen MR) is 45.3 cm³/mol. The molecule has 0 aliphatic carbocycles. The van der Waals surface area contributed by atoms with Crippen molar-refractivity contribution in [3.8, 4) is 0 Å². The first-order valence-electron chi connectivity index (χ1n) is 3.89. The summed E-state index contributed by atoms with van der Waals surface area (Å²) >= 11 is 0. The van der Waals surface area contributed by atoms with E-state index in [0.29, 0.717) is 0 Å². The van der Waals surface area contributed by atoms with Gasteiger partial charge in [-0.15, -0.1) is 0 Å². The van der Waals surface area contributed by atoms with Gasteiger partial charge in [-0.25, -0.2) is 0 Å². The largest absolute Gasteiger partial charge is 0.368 e. The first-order chi connectivity index (χ1) is 5.79. The summed E-state index contributed by atoms with van der Waals surface area (Å²) in [7, 11) is 0. The van der Waals surface area contributed by atoms with Crippen LogP contribution in [0.2, 0.25) is 0 Å². The van der Waals surface area contributed by atoms with Gasteiger partial charge in [0, 0.05) is 0 Å². The van der Waals surface area contributed by atoms with E-state index in [9.17, 15) is 4.79 Å². The van der Waals surface area contributed by atoms with E-state index in [4.69, 9.17) is 5.73 Å². The monoisotopic (exact) mass is 162 g/mol. The van der Waals surface area contributed by atoms with Crippen LogP contribution in [0.5, 0.6) is 0 Å². The molecule has 1 aromatic carbocycles. The Morgan fingerprint density at radius 2 is 2.00 bits per heavy atom. The quantitative estimate of drug-likeness (QED) is 0.609. The molecular formula is C9H10N2O. The Morgan fingerprint density at radius 3 is 2.50 bits per heavy atom. The summed E-state index contributed by atoms with van der Waals surface area (Å²) in [4.78, 5) is 10.7. The van der Waals surface area contributed by atoms with Crippen LogP contribution in [0.3, 0.4) is 0 Å². The highest BCUT2D eigenvalue weighted by molar-refractivity contribution is 5.84. The Kier molecular flexibility index (Phi) is 1.59. The number of rotatable bonds is 2. The lowest BCUT2D eigenvalue weighted by Gasteiger charge is -1.93. The third kappa shape index (κ3) is 1.19. The molecule has 3 N–H and O–H groups in total. The van der Waals surface area contributed by atoms with E-state index in [2.05, 4.69) is 5.32 Å². The molecule has 1 saturated heterocycles. The third-order valence-corrected chi connectivity index (χ3v) is 2.05. The first kappa shape index (κ1) is 7.31. The fourth-order valence-corrected chi connectivity index (χ4v) is 1.33. The zero-order valence-electron chi connectivity index (χ0n) is 6.53. The molecule has 0 radical (unpaired) electrons. The molecule has 0 aromatic heterocycles. The minimum absolute atomic E-state index is 0.142. The van der Waals surface area contributed by atoms with Crippen molar-refractivity contribution >= 4 is 5.91 Å². The first-order valence-corrected chi connectivity index (χ1v) is 3.89. The van der Waals surface area contributed by atoms with Crippen molar-refractivity contribution < 1.29 is 4.79 Å². The molecule has 62 valence electrons. The van der Waals surface area contributed by atoms with Crippen LogP contribution in [0.25, 0.3) is 0 Å². The molecule has 0 bridgehead atoms. The van der Waals surface area contributed by atoms with Crippen LogP contribution in [0.4, 0.5) is 0 Å². The number of hydrogen-bond donors (Lipinski definition) is 2. The molecule has 3 heteroatoms. The second-order valence-corrected chi connectivity index (χ2v) is 2.94. The average Bonchev–Trinajstić information content (AvgIpc) is 2.84. The van der Waals surface area contributed by atoms with Crippen LogP contribution >= 0.6 is 0 Å². The predicted octanol–water partition coefficient (Wildman–Crippen LogP) is 0.185. The second-order valence-electron chi connectivity index (χ2n) is 2.94. The number of nitrogens with two attached hydrogens (primary N) is 1. The van der Waals surface area contributed by atoms with Gasteiger partial charge in [0.2, 0.25) is 5.91 Å². The Bertz CT molecular complexity index is 297. The van der Waals surface area contributed by atoms with Crippen LogP contribution in [0.1, 0.15) is 11.6 Å². The van der Waals surface area contributed by atoms with Gasteiger partial charge < -0.3 is 5.73 Å². The standard InChI is InChI=1S/C9H10N2O/c10-9(12)8-7(11-8)6-4-2-1-3-5-6/h1-5,7-8,11H,(H2,10,12)/t7-,8-/m1/s1. The van der Waals surface area contributed by atoms with E-state index in [1.165, 1.54) is 0 Å². The molecule has 1 aliphatic rings. The van der Waals surface area contributed by atoms with Crippen LogP contribution in [-0.4, -0.2) is 11.9 Å². The lowest BCUT2D eigenvalue weighted by atomic mass is 10.1. The Labute approximate surface area is 70.6 Å². The summed E-state index contributed by atoms with van der Waals surface area (Å²) in [5.41, 5.74) is 6.25. The number of benzene rings is 1. The van der Waals surface area contributed by atoms with Gasteiger partial charge in [-0.3, -0.25) is 10.1 Å².